The molecule has 2 saturated heterocycles. The van der Waals surface area contributed by atoms with E-state index in [1.54, 1.807) is 0 Å². The van der Waals surface area contributed by atoms with Crippen LogP contribution in [0, 0.1) is 23.7 Å². The highest BCUT2D eigenvalue weighted by atomic mass is 35.5. The van der Waals surface area contributed by atoms with Crippen LogP contribution in [0.5, 0.6) is 0 Å². The Morgan fingerprint density at radius 3 is 2.59 bits per heavy atom. The lowest BCUT2D eigenvalue weighted by atomic mass is 9.56. The number of halogens is 1. The molecule has 3 fully saturated rings. The van der Waals surface area contributed by atoms with E-state index in [1.807, 2.05) is 46.0 Å². The van der Waals surface area contributed by atoms with Crippen LogP contribution in [0.4, 0.5) is 0 Å². The Kier molecular flexibility index (Phi) is 6.93. The normalized spacial score (nSPS) is 45.9. The minimum absolute atomic E-state index is 0.0316. The van der Waals surface area contributed by atoms with E-state index in [0.29, 0.717) is 35.6 Å². The second-order valence-electron chi connectivity index (χ2n) is 12.7. The van der Waals surface area contributed by atoms with Gasteiger partial charge in [0.1, 0.15) is 13.1 Å². The van der Waals surface area contributed by atoms with Gasteiger partial charge in [-0.15, -0.1) is 4.65 Å². The number of fused-ring (bicyclic) bond motifs is 4. The Morgan fingerprint density at radius 1 is 1.28 bits per heavy atom. The van der Waals surface area contributed by atoms with E-state index >= 15 is 0 Å². The maximum Gasteiger partial charge on any atom is 0.364 e. The summed E-state index contributed by atoms with van der Waals surface area (Å²) in [6.45, 7) is 7.11. The summed E-state index contributed by atoms with van der Waals surface area (Å²) in [4.78, 5) is 34.1. The highest BCUT2D eigenvalue weighted by Gasteiger charge is 2.80. The van der Waals surface area contributed by atoms with Crippen LogP contribution < -0.4 is 0 Å². The number of nitrogens with zero attached hydrogens (tertiary/aromatic N) is 2. The summed E-state index contributed by atoms with van der Waals surface area (Å²) in [5.41, 5.74) is -4.44. The number of hydrogen-bond donors (Lipinski definition) is 3. The smallest absolute Gasteiger partial charge is 0.364 e. The molecule has 0 spiro atoms. The number of esters is 1. The highest BCUT2D eigenvalue weighted by Crippen LogP contribution is 2.64. The molecule has 5 aliphatic rings. The van der Waals surface area contributed by atoms with E-state index in [4.69, 9.17) is 21.2 Å². The van der Waals surface area contributed by atoms with E-state index in [1.165, 1.54) is 18.9 Å². The summed E-state index contributed by atoms with van der Waals surface area (Å²) in [6, 6.07) is -0.139. The lowest BCUT2D eigenvalue weighted by Gasteiger charge is -2.55. The van der Waals surface area contributed by atoms with Crippen molar-refractivity contribution in [2.24, 2.45) is 23.7 Å². The lowest BCUT2D eigenvalue weighted by molar-refractivity contribution is -1.09. The molecule has 0 radical (unpaired) electrons. The predicted octanol–water partition coefficient (Wildman–Crippen LogP) is 3.66. The summed E-state index contributed by atoms with van der Waals surface area (Å²) in [7, 11) is 3.37. The molecule has 0 amide bonds. The number of carbonyl (C=O) groups excluding carboxylic acids is 1. The van der Waals surface area contributed by atoms with E-state index in [0.717, 1.165) is 19.3 Å². The molecule has 9 nitrogen and oxygen atoms in total. The Balaban J connectivity index is 1.83. The van der Waals surface area contributed by atoms with Gasteiger partial charge in [-0.1, -0.05) is 49.6 Å². The third-order valence-electron chi connectivity index (χ3n) is 10.2. The number of hydroxylamine groups is 3. The molecule has 0 aromatic rings. The molecule has 9 atom stereocenters. The van der Waals surface area contributed by atoms with Crippen molar-refractivity contribution >= 4 is 23.5 Å². The van der Waals surface area contributed by atoms with Gasteiger partial charge in [0.05, 0.1) is 22.1 Å². The van der Waals surface area contributed by atoms with Gasteiger partial charge in [-0.3, -0.25) is 4.79 Å². The van der Waals surface area contributed by atoms with Crippen LogP contribution in [-0.4, -0.2) is 80.1 Å². The summed E-state index contributed by atoms with van der Waals surface area (Å²) < 4.78 is 5.72. The largest absolute Gasteiger partial charge is 0.477 e. The number of likely N-dealkylation sites (tertiary alicyclic amines) is 1. The van der Waals surface area contributed by atoms with Crippen molar-refractivity contribution in [3.63, 3.8) is 0 Å². The second-order valence-corrected chi connectivity index (χ2v) is 13.1. The van der Waals surface area contributed by atoms with Gasteiger partial charge in [-0.25, -0.2) is 9.69 Å². The molecular weight excluding hydrogens is 524 g/mol. The Bertz CT molecular complexity index is 1170. The average Bonchev–Trinajstić information content (AvgIpc) is 3.02. The Morgan fingerprint density at radius 2 is 1.97 bits per heavy atom. The van der Waals surface area contributed by atoms with Crippen LogP contribution in [0.2, 0.25) is 0 Å². The molecule has 216 valence electrons. The quantitative estimate of drug-likeness (QED) is 0.269. The zero-order valence-electron chi connectivity index (χ0n) is 23.7. The van der Waals surface area contributed by atoms with Gasteiger partial charge in [-0.2, -0.15) is 4.84 Å². The number of hydrogen-bond acceptors (Lipinski definition) is 7. The summed E-state index contributed by atoms with van der Waals surface area (Å²) in [5.74, 6) is -4.43. The number of ether oxygens (including phenoxy) is 1. The van der Waals surface area contributed by atoms with Gasteiger partial charge in [0, 0.05) is 18.8 Å². The molecule has 2 heterocycles. The third-order valence-corrected chi connectivity index (χ3v) is 10.5. The number of aliphatic hydroxyl groups is 2. The molecule has 0 bridgehead atoms. The van der Waals surface area contributed by atoms with Crippen LogP contribution in [0.1, 0.15) is 66.2 Å². The van der Waals surface area contributed by atoms with Crippen molar-refractivity contribution in [2.45, 2.75) is 95.4 Å². The maximum atomic E-state index is 13.4. The third kappa shape index (κ3) is 3.77. The van der Waals surface area contributed by atoms with Crippen LogP contribution in [0.25, 0.3) is 0 Å². The fraction of sp³-hybridized carbons (Fsp3) is 0.724. The fourth-order valence-corrected chi connectivity index (χ4v) is 8.71. The average molecular weight is 566 g/mol. The van der Waals surface area contributed by atoms with Gasteiger partial charge < -0.3 is 20.1 Å². The zero-order chi connectivity index (χ0) is 28.7. The van der Waals surface area contributed by atoms with E-state index < -0.39 is 46.9 Å². The number of allylic oxidation sites excluding steroid dienone is 3. The van der Waals surface area contributed by atoms with E-state index in [-0.39, 0.29) is 22.5 Å². The zero-order valence-corrected chi connectivity index (χ0v) is 24.4. The number of carboxylic acids is 1. The van der Waals surface area contributed by atoms with Crippen molar-refractivity contribution in [3.8, 4) is 0 Å². The molecule has 0 aromatic carbocycles. The van der Waals surface area contributed by atoms with Crippen molar-refractivity contribution in [1.82, 2.24) is 4.90 Å². The lowest BCUT2D eigenvalue weighted by Crippen LogP contribution is -2.67. The topological polar surface area (TPSA) is 117 Å². The first kappa shape index (κ1) is 28.8. The predicted molar refractivity (Wildman–Crippen MR) is 143 cm³/mol. The molecule has 3 aliphatic carbocycles. The first-order valence-electron chi connectivity index (χ1n) is 14.1. The number of rotatable bonds is 4. The van der Waals surface area contributed by atoms with Gasteiger partial charge in [-0.05, 0) is 52.5 Å². The molecular formula is C29H42ClN2O7+. The second kappa shape index (κ2) is 9.39. The molecule has 2 aliphatic heterocycles. The number of carboxylic acid groups (broad SMARTS) is 1. The van der Waals surface area contributed by atoms with Gasteiger partial charge in [0.2, 0.25) is 6.23 Å². The van der Waals surface area contributed by atoms with Crippen molar-refractivity contribution in [2.75, 3.05) is 14.1 Å². The molecule has 1 unspecified atom stereocenters. The molecule has 39 heavy (non-hydrogen) atoms. The molecule has 0 aromatic heterocycles. The first-order chi connectivity index (χ1) is 18.2. The number of quaternary nitrogens is 1. The molecule has 3 N–H and O–H groups in total. The van der Waals surface area contributed by atoms with Crippen LogP contribution >= 0.6 is 11.6 Å². The Labute approximate surface area is 235 Å². The molecule has 5 rings (SSSR count). The van der Waals surface area contributed by atoms with Gasteiger partial charge >= 0.3 is 11.9 Å². The minimum atomic E-state index is -2.30. The number of likely N-dealkylation sites (N-methyl/N-ethyl adjacent to an activating group) is 2. The van der Waals surface area contributed by atoms with Gasteiger partial charge in [0.15, 0.2) is 11.3 Å². The number of aliphatic carboxylic acids is 1. The monoisotopic (exact) mass is 565 g/mol. The maximum absolute atomic E-state index is 13.4. The molecule has 10 heteroatoms. The van der Waals surface area contributed by atoms with E-state index in [2.05, 4.69) is 0 Å². The summed E-state index contributed by atoms with van der Waals surface area (Å²) in [5, 5.41) is 36.9. The van der Waals surface area contributed by atoms with E-state index in [9.17, 15) is 24.9 Å². The Hall–Kier alpha value is -1.75. The molecule has 1 saturated carbocycles. The SMILES string of the molecule is CC(=O)O[C@]1(C(=O)O)[C@@H](C2CC=C[C@@H]3CCCC[C@]23O)[C@@]2(O)C3=C[C@@H](C)CC(Cl)=C3[N@+](C)(C(C)C)O[C@H]2N1C. The standard InChI is InChI=1S/C29H41ClN2O7/c1-16(2)32(6)23-21(14-17(3)15-22(23)30)28(37)24(20-12-9-11-19-10-7-8-13-27(19,20)36)29(26(34)35,38-18(4)33)31(5)25(28)39-32/h9,11,14,16-17,19-20,24-25,36-37H,7-8,10,12-13,15H2,1-6H3/p+1/t17-,19+,20?,24+,25-,27-,28+,29+,32+/m1/s1. The van der Waals surface area contributed by atoms with Crippen molar-refractivity contribution < 1.29 is 39.1 Å². The van der Waals surface area contributed by atoms with Crippen LogP contribution in [0.3, 0.4) is 0 Å². The summed E-state index contributed by atoms with van der Waals surface area (Å²) >= 11 is 6.95. The highest BCUT2D eigenvalue weighted by molar-refractivity contribution is 6.30. The van der Waals surface area contributed by atoms with Crippen molar-refractivity contribution in [3.05, 3.63) is 34.5 Å². The van der Waals surface area contributed by atoms with Crippen LogP contribution in [-0.2, 0) is 19.2 Å². The first-order valence-corrected chi connectivity index (χ1v) is 14.5. The fourth-order valence-electron chi connectivity index (χ4n) is 8.19. The minimum Gasteiger partial charge on any atom is -0.477 e. The van der Waals surface area contributed by atoms with Gasteiger partial charge in [0.25, 0.3) is 5.72 Å². The van der Waals surface area contributed by atoms with Crippen molar-refractivity contribution in [1.29, 1.82) is 0 Å². The number of carbonyl (C=O) groups is 2. The van der Waals surface area contributed by atoms with Crippen LogP contribution in [0.15, 0.2) is 34.5 Å². The summed E-state index contributed by atoms with van der Waals surface area (Å²) in [6.07, 6.45) is 8.57.